The van der Waals surface area contributed by atoms with E-state index in [4.69, 9.17) is 16.3 Å². The van der Waals surface area contributed by atoms with Gasteiger partial charge in [0.05, 0.1) is 18.1 Å². The van der Waals surface area contributed by atoms with Crippen LogP contribution in [0.1, 0.15) is 6.42 Å². The summed E-state index contributed by atoms with van der Waals surface area (Å²) in [5.41, 5.74) is 1.39. The van der Waals surface area contributed by atoms with Gasteiger partial charge in [-0.2, -0.15) is 0 Å². The highest BCUT2D eigenvalue weighted by atomic mass is 35.5. The molecular formula is C18H17ClN2O3. The molecule has 1 N–H and O–H groups in total. The van der Waals surface area contributed by atoms with Crippen LogP contribution in [0.3, 0.4) is 0 Å². The Morgan fingerprint density at radius 1 is 1.25 bits per heavy atom. The van der Waals surface area contributed by atoms with E-state index >= 15 is 0 Å². The zero-order chi connectivity index (χ0) is 17.1. The minimum atomic E-state index is -0.390. The van der Waals surface area contributed by atoms with E-state index in [1.165, 1.54) is 7.11 Å². The lowest BCUT2D eigenvalue weighted by atomic mass is 10.1. The van der Waals surface area contributed by atoms with Crippen molar-refractivity contribution < 1.29 is 14.3 Å². The van der Waals surface area contributed by atoms with Crippen LogP contribution in [0.2, 0.25) is 5.02 Å². The highest BCUT2D eigenvalue weighted by Crippen LogP contribution is 2.29. The average Bonchev–Trinajstić information content (AvgIpc) is 2.98. The van der Waals surface area contributed by atoms with Gasteiger partial charge in [-0.15, -0.1) is 0 Å². The molecule has 1 fully saturated rings. The van der Waals surface area contributed by atoms with Crippen molar-refractivity contribution >= 4 is 34.8 Å². The lowest BCUT2D eigenvalue weighted by Gasteiger charge is -2.16. The molecule has 2 aromatic rings. The summed E-state index contributed by atoms with van der Waals surface area (Å²) in [5.74, 6) is -0.0864. The van der Waals surface area contributed by atoms with Crippen molar-refractivity contribution in [3.8, 4) is 5.75 Å². The lowest BCUT2D eigenvalue weighted by Crippen LogP contribution is -2.28. The lowest BCUT2D eigenvalue weighted by molar-refractivity contribution is -0.122. The average molecular weight is 345 g/mol. The molecule has 3 rings (SSSR count). The van der Waals surface area contributed by atoms with Gasteiger partial charge < -0.3 is 15.0 Å². The number of para-hydroxylation sites is 1. The van der Waals surface area contributed by atoms with Crippen LogP contribution in [-0.4, -0.2) is 25.5 Å². The summed E-state index contributed by atoms with van der Waals surface area (Å²) in [4.78, 5) is 26.3. The molecule has 1 heterocycles. The summed E-state index contributed by atoms with van der Waals surface area (Å²) in [5, 5.41) is 3.23. The van der Waals surface area contributed by atoms with E-state index < -0.39 is 5.92 Å². The Labute approximate surface area is 145 Å². The number of hydrogen-bond acceptors (Lipinski definition) is 3. The minimum Gasteiger partial charge on any atom is -0.495 e. The van der Waals surface area contributed by atoms with E-state index in [2.05, 4.69) is 5.32 Å². The minimum absolute atomic E-state index is 0.0471. The maximum Gasteiger partial charge on any atom is 0.229 e. The molecule has 24 heavy (non-hydrogen) atoms. The third-order valence-corrected chi connectivity index (χ3v) is 4.28. The maximum absolute atomic E-state index is 12.4. The molecule has 1 aliphatic heterocycles. The first-order valence-corrected chi connectivity index (χ1v) is 7.96. The number of nitrogens with one attached hydrogen (secondary N) is 1. The SMILES string of the molecule is COc1ccc(NC(=O)C2CC(=O)N(c3ccccc3)C2)cc1Cl. The molecule has 5 nitrogen and oxygen atoms in total. The van der Waals surface area contributed by atoms with Gasteiger partial charge in [-0.25, -0.2) is 0 Å². The highest BCUT2D eigenvalue weighted by molar-refractivity contribution is 6.32. The predicted molar refractivity (Wildman–Crippen MR) is 93.5 cm³/mol. The molecule has 2 aromatic carbocycles. The van der Waals surface area contributed by atoms with Crippen LogP contribution in [0.5, 0.6) is 5.75 Å². The fraction of sp³-hybridized carbons (Fsp3) is 0.222. The molecule has 1 atom stereocenters. The third-order valence-electron chi connectivity index (χ3n) is 3.98. The van der Waals surface area contributed by atoms with Crippen LogP contribution in [0, 0.1) is 5.92 Å². The van der Waals surface area contributed by atoms with Crippen molar-refractivity contribution in [1.82, 2.24) is 0 Å². The summed E-state index contributed by atoms with van der Waals surface area (Å²) in [6, 6.07) is 14.4. The molecule has 124 valence electrons. The van der Waals surface area contributed by atoms with Crippen molar-refractivity contribution in [2.24, 2.45) is 5.92 Å². The standard InChI is InChI=1S/C18H17ClN2O3/c1-24-16-8-7-13(10-15(16)19)20-18(23)12-9-17(22)21(11-12)14-5-3-2-4-6-14/h2-8,10,12H,9,11H2,1H3,(H,20,23). The Bertz CT molecular complexity index is 764. The quantitative estimate of drug-likeness (QED) is 0.925. The number of halogens is 1. The zero-order valence-corrected chi connectivity index (χ0v) is 13.9. The number of hydrogen-bond donors (Lipinski definition) is 1. The summed E-state index contributed by atoms with van der Waals surface area (Å²) in [7, 11) is 1.53. The number of carbonyl (C=O) groups excluding carboxylic acids is 2. The molecule has 0 saturated carbocycles. The fourth-order valence-corrected chi connectivity index (χ4v) is 2.99. The number of nitrogens with zero attached hydrogens (tertiary/aromatic N) is 1. The van der Waals surface area contributed by atoms with Crippen LogP contribution in [-0.2, 0) is 9.59 Å². The summed E-state index contributed by atoms with van der Waals surface area (Å²) >= 11 is 6.06. The van der Waals surface area contributed by atoms with E-state index in [0.29, 0.717) is 23.0 Å². The van der Waals surface area contributed by atoms with Crippen LogP contribution in [0.4, 0.5) is 11.4 Å². The van der Waals surface area contributed by atoms with Gasteiger partial charge >= 0.3 is 0 Å². The molecule has 2 amide bonds. The van der Waals surface area contributed by atoms with Crippen molar-refractivity contribution in [2.75, 3.05) is 23.9 Å². The van der Waals surface area contributed by atoms with E-state index in [9.17, 15) is 9.59 Å². The van der Waals surface area contributed by atoms with Gasteiger partial charge in [-0.1, -0.05) is 29.8 Å². The normalized spacial score (nSPS) is 17.0. The molecule has 1 saturated heterocycles. The first-order valence-electron chi connectivity index (χ1n) is 7.58. The van der Waals surface area contributed by atoms with Crippen molar-refractivity contribution in [2.45, 2.75) is 6.42 Å². The Balaban J connectivity index is 1.68. The van der Waals surface area contributed by atoms with E-state index in [1.54, 1.807) is 23.1 Å². The number of methoxy groups -OCH3 is 1. The Kier molecular flexibility index (Phi) is 4.71. The summed E-state index contributed by atoms with van der Waals surface area (Å²) < 4.78 is 5.09. The molecular weight excluding hydrogens is 328 g/mol. The van der Waals surface area contributed by atoms with Crippen molar-refractivity contribution in [3.05, 3.63) is 53.6 Å². The zero-order valence-electron chi connectivity index (χ0n) is 13.2. The summed E-state index contributed by atoms with van der Waals surface area (Å²) in [6.45, 7) is 0.374. The van der Waals surface area contributed by atoms with Gasteiger partial charge in [0.15, 0.2) is 0 Å². The topological polar surface area (TPSA) is 58.6 Å². The number of amides is 2. The van der Waals surface area contributed by atoms with Crippen molar-refractivity contribution in [1.29, 1.82) is 0 Å². The highest BCUT2D eigenvalue weighted by Gasteiger charge is 2.35. The molecule has 6 heteroatoms. The molecule has 0 spiro atoms. The van der Waals surface area contributed by atoms with Crippen LogP contribution >= 0.6 is 11.6 Å². The summed E-state index contributed by atoms with van der Waals surface area (Å²) in [6.07, 6.45) is 0.199. The molecule has 1 aliphatic rings. The Morgan fingerprint density at radius 2 is 2.00 bits per heavy atom. The molecule has 0 aliphatic carbocycles. The molecule has 0 bridgehead atoms. The molecule has 1 unspecified atom stereocenters. The van der Waals surface area contributed by atoms with Crippen LogP contribution in [0.25, 0.3) is 0 Å². The van der Waals surface area contributed by atoms with Gasteiger partial charge in [0.25, 0.3) is 0 Å². The van der Waals surface area contributed by atoms with E-state index in [1.807, 2.05) is 30.3 Å². The largest absolute Gasteiger partial charge is 0.495 e. The van der Waals surface area contributed by atoms with Gasteiger partial charge in [-0.05, 0) is 30.3 Å². The van der Waals surface area contributed by atoms with Gasteiger partial charge in [-0.3, -0.25) is 9.59 Å². The molecule has 0 aromatic heterocycles. The second-order valence-corrected chi connectivity index (χ2v) is 5.99. The third kappa shape index (κ3) is 3.36. The first-order chi connectivity index (χ1) is 11.6. The Morgan fingerprint density at radius 3 is 2.67 bits per heavy atom. The number of benzene rings is 2. The Hall–Kier alpha value is -2.53. The van der Waals surface area contributed by atoms with Gasteiger partial charge in [0.1, 0.15) is 5.75 Å². The maximum atomic E-state index is 12.4. The number of carbonyl (C=O) groups is 2. The molecule has 0 radical (unpaired) electrons. The number of ether oxygens (including phenoxy) is 1. The van der Waals surface area contributed by atoms with E-state index in [-0.39, 0.29) is 18.2 Å². The van der Waals surface area contributed by atoms with Crippen LogP contribution in [0.15, 0.2) is 48.5 Å². The van der Waals surface area contributed by atoms with Gasteiger partial charge in [0.2, 0.25) is 11.8 Å². The van der Waals surface area contributed by atoms with Crippen LogP contribution < -0.4 is 15.0 Å². The second-order valence-electron chi connectivity index (χ2n) is 5.58. The van der Waals surface area contributed by atoms with E-state index in [0.717, 1.165) is 5.69 Å². The fourth-order valence-electron chi connectivity index (χ4n) is 2.73. The predicted octanol–water partition coefficient (Wildman–Crippen LogP) is 3.34. The first kappa shape index (κ1) is 16.3. The monoisotopic (exact) mass is 344 g/mol. The smallest absolute Gasteiger partial charge is 0.229 e. The van der Waals surface area contributed by atoms with Crippen molar-refractivity contribution in [3.63, 3.8) is 0 Å². The second kappa shape index (κ2) is 6.93. The number of anilines is 2. The number of rotatable bonds is 4. The van der Waals surface area contributed by atoms with Gasteiger partial charge in [0, 0.05) is 24.3 Å².